The van der Waals surface area contributed by atoms with Crippen molar-refractivity contribution in [3.05, 3.63) is 58.0 Å². The maximum absolute atomic E-state index is 12.8. The Morgan fingerprint density at radius 2 is 2.11 bits per heavy atom. The molecule has 1 aliphatic rings. The molecule has 0 atom stereocenters. The number of halogens is 1. The van der Waals surface area contributed by atoms with Crippen LogP contribution in [-0.4, -0.2) is 32.8 Å². The lowest BCUT2D eigenvalue weighted by atomic mass is 9.95. The molecule has 0 unspecified atom stereocenters. The molecule has 2 heterocycles. The van der Waals surface area contributed by atoms with E-state index in [2.05, 4.69) is 41.8 Å². The van der Waals surface area contributed by atoms with Gasteiger partial charge in [0.15, 0.2) is 5.69 Å². The minimum Gasteiger partial charge on any atom is -0.481 e. The molecular weight excluding hydrogens is 424 g/mol. The Morgan fingerprint density at radius 1 is 1.25 bits per heavy atom. The predicted octanol–water partition coefficient (Wildman–Crippen LogP) is 3.07. The summed E-state index contributed by atoms with van der Waals surface area (Å²) in [7, 11) is 1.52. The lowest BCUT2D eigenvalue weighted by Crippen LogP contribution is -2.31. The fourth-order valence-corrected chi connectivity index (χ4v) is 3.68. The SMILES string of the molecule is COc1ccnc(NNC(=O)c2nn(-c3cccc(Br)c3)c3c2CCCC3)n1. The van der Waals surface area contributed by atoms with E-state index in [9.17, 15) is 4.79 Å². The van der Waals surface area contributed by atoms with Crippen molar-refractivity contribution in [3.63, 3.8) is 0 Å². The lowest BCUT2D eigenvalue weighted by Gasteiger charge is -2.14. The van der Waals surface area contributed by atoms with Crippen molar-refractivity contribution in [3.8, 4) is 11.6 Å². The number of aromatic nitrogens is 4. The van der Waals surface area contributed by atoms with Crippen LogP contribution in [0.2, 0.25) is 0 Å². The Hall–Kier alpha value is -2.94. The number of hydrogen-bond donors (Lipinski definition) is 2. The summed E-state index contributed by atoms with van der Waals surface area (Å²) < 4.78 is 7.90. The number of fused-ring (bicyclic) bond motifs is 1. The first kappa shape index (κ1) is 18.4. The summed E-state index contributed by atoms with van der Waals surface area (Å²) in [5.74, 6) is 0.328. The Balaban J connectivity index is 1.61. The van der Waals surface area contributed by atoms with Gasteiger partial charge in [-0.25, -0.2) is 9.67 Å². The Bertz CT molecular complexity index is 1020. The van der Waals surface area contributed by atoms with Gasteiger partial charge in [-0.15, -0.1) is 0 Å². The molecule has 0 fully saturated rings. The first-order valence-electron chi connectivity index (χ1n) is 8.96. The number of methoxy groups -OCH3 is 1. The van der Waals surface area contributed by atoms with Crippen LogP contribution in [0.3, 0.4) is 0 Å². The summed E-state index contributed by atoms with van der Waals surface area (Å²) in [5.41, 5.74) is 8.80. The summed E-state index contributed by atoms with van der Waals surface area (Å²) >= 11 is 3.50. The lowest BCUT2D eigenvalue weighted by molar-refractivity contribution is 0.0956. The molecule has 144 valence electrons. The monoisotopic (exact) mass is 442 g/mol. The summed E-state index contributed by atoms with van der Waals surface area (Å²) in [4.78, 5) is 21.0. The number of hydrazine groups is 1. The fourth-order valence-electron chi connectivity index (χ4n) is 3.29. The molecule has 28 heavy (non-hydrogen) atoms. The molecule has 2 aromatic heterocycles. The van der Waals surface area contributed by atoms with Crippen LogP contribution in [0.1, 0.15) is 34.6 Å². The highest BCUT2D eigenvalue weighted by molar-refractivity contribution is 9.10. The van der Waals surface area contributed by atoms with Crippen LogP contribution in [0.4, 0.5) is 5.95 Å². The highest BCUT2D eigenvalue weighted by atomic mass is 79.9. The first-order valence-corrected chi connectivity index (χ1v) is 9.75. The van der Waals surface area contributed by atoms with E-state index < -0.39 is 0 Å². The highest BCUT2D eigenvalue weighted by Gasteiger charge is 2.25. The fraction of sp³-hybridized carbons (Fsp3) is 0.263. The van der Waals surface area contributed by atoms with E-state index in [1.54, 1.807) is 12.3 Å². The van der Waals surface area contributed by atoms with Crippen molar-refractivity contribution in [1.82, 2.24) is 25.2 Å². The zero-order valence-electron chi connectivity index (χ0n) is 15.3. The average molecular weight is 443 g/mol. The molecule has 0 saturated heterocycles. The number of hydrogen-bond acceptors (Lipinski definition) is 6. The largest absolute Gasteiger partial charge is 0.481 e. The van der Waals surface area contributed by atoms with E-state index in [1.165, 1.54) is 7.11 Å². The second-order valence-corrected chi connectivity index (χ2v) is 7.29. The Kier molecular flexibility index (Phi) is 5.25. The average Bonchev–Trinajstić information content (AvgIpc) is 3.12. The molecular formula is C19H19BrN6O2. The molecule has 4 rings (SSSR count). The van der Waals surface area contributed by atoms with Crippen LogP contribution in [-0.2, 0) is 12.8 Å². The highest BCUT2D eigenvalue weighted by Crippen LogP contribution is 2.28. The van der Waals surface area contributed by atoms with Crippen LogP contribution in [0.25, 0.3) is 5.69 Å². The zero-order chi connectivity index (χ0) is 19.5. The van der Waals surface area contributed by atoms with Crippen LogP contribution < -0.4 is 15.6 Å². The van der Waals surface area contributed by atoms with Gasteiger partial charge < -0.3 is 4.74 Å². The second-order valence-electron chi connectivity index (χ2n) is 6.37. The van der Waals surface area contributed by atoms with Gasteiger partial charge in [-0.1, -0.05) is 22.0 Å². The molecule has 0 bridgehead atoms. The third kappa shape index (κ3) is 3.70. The van der Waals surface area contributed by atoms with Crippen molar-refractivity contribution < 1.29 is 9.53 Å². The van der Waals surface area contributed by atoms with E-state index in [1.807, 2.05) is 28.9 Å². The maximum Gasteiger partial charge on any atom is 0.290 e. The number of carbonyl (C=O) groups excluding carboxylic acids is 1. The quantitative estimate of drug-likeness (QED) is 0.589. The number of nitrogens with one attached hydrogen (secondary N) is 2. The van der Waals surface area contributed by atoms with E-state index >= 15 is 0 Å². The van der Waals surface area contributed by atoms with Crippen molar-refractivity contribution in [2.75, 3.05) is 12.5 Å². The number of benzene rings is 1. The van der Waals surface area contributed by atoms with Gasteiger partial charge in [-0.2, -0.15) is 10.1 Å². The van der Waals surface area contributed by atoms with Gasteiger partial charge in [0.2, 0.25) is 11.8 Å². The third-order valence-electron chi connectivity index (χ3n) is 4.58. The summed E-state index contributed by atoms with van der Waals surface area (Å²) in [5, 5.41) is 4.63. The van der Waals surface area contributed by atoms with Gasteiger partial charge in [-0.05, 0) is 43.9 Å². The number of amides is 1. The van der Waals surface area contributed by atoms with Crippen molar-refractivity contribution in [2.24, 2.45) is 0 Å². The first-order chi connectivity index (χ1) is 13.7. The minimum atomic E-state index is -0.321. The molecule has 2 N–H and O–H groups in total. The molecule has 0 aliphatic heterocycles. The summed E-state index contributed by atoms with van der Waals surface area (Å²) in [6, 6.07) is 9.52. The Labute approximate surface area is 170 Å². The smallest absolute Gasteiger partial charge is 0.290 e. The molecule has 3 aromatic rings. The van der Waals surface area contributed by atoms with Crippen LogP contribution in [0.5, 0.6) is 5.88 Å². The predicted molar refractivity (Wildman–Crippen MR) is 108 cm³/mol. The van der Waals surface area contributed by atoms with Crippen LogP contribution in [0, 0.1) is 0 Å². The minimum absolute atomic E-state index is 0.244. The van der Waals surface area contributed by atoms with Crippen LogP contribution >= 0.6 is 15.9 Å². The van der Waals surface area contributed by atoms with E-state index in [0.29, 0.717) is 11.6 Å². The number of carbonyl (C=O) groups is 1. The second kappa shape index (κ2) is 7.97. The standard InChI is InChI=1S/C19H19BrN6O2/c1-28-16-9-10-21-19(22-16)24-23-18(27)17-14-7-2-3-8-15(14)26(25-17)13-6-4-5-12(20)11-13/h4-6,9-11H,2-3,7-8H2,1H3,(H,23,27)(H,21,22,24). The van der Waals surface area contributed by atoms with E-state index in [4.69, 9.17) is 4.74 Å². The third-order valence-corrected chi connectivity index (χ3v) is 5.07. The number of nitrogens with zero attached hydrogens (tertiary/aromatic N) is 4. The van der Waals surface area contributed by atoms with Crippen molar-refractivity contribution in [2.45, 2.75) is 25.7 Å². The summed E-state index contributed by atoms with van der Waals surface area (Å²) in [6.45, 7) is 0. The number of anilines is 1. The summed E-state index contributed by atoms with van der Waals surface area (Å²) in [6.07, 6.45) is 5.41. The van der Waals surface area contributed by atoms with Gasteiger partial charge in [0.1, 0.15) is 0 Å². The van der Waals surface area contributed by atoms with Gasteiger partial charge in [0.05, 0.1) is 12.8 Å². The van der Waals surface area contributed by atoms with E-state index in [0.717, 1.165) is 47.1 Å². The van der Waals surface area contributed by atoms with Crippen molar-refractivity contribution >= 4 is 27.8 Å². The zero-order valence-corrected chi connectivity index (χ0v) is 16.9. The van der Waals surface area contributed by atoms with Gasteiger partial charge >= 0.3 is 0 Å². The Morgan fingerprint density at radius 3 is 2.93 bits per heavy atom. The molecule has 1 aliphatic carbocycles. The topological polar surface area (TPSA) is 94.0 Å². The molecule has 0 radical (unpaired) electrons. The molecule has 9 heteroatoms. The van der Waals surface area contributed by atoms with E-state index in [-0.39, 0.29) is 11.9 Å². The van der Waals surface area contributed by atoms with Crippen molar-refractivity contribution in [1.29, 1.82) is 0 Å². The van der Waals surface area contributed by atoms with Gasteiger partial charge in [-0.3, -0.25) is 15.6 Å². The van der Waals surface area contributed by atoms with Gasteiger partial charge in [0.25, 0.3) is 5.91 Å². The molecule has 1 amide bonds. The molecule has 0 saturated carbocycles. The normalized spacial score (nSPS) is 12.9. The molecule has 0 spiro atoms. The maximum atomic E-state index is 12.8. The number of rotatable bonds is 5. The molecule has 8 nitrogen and oxygen atoms in total. The molecule has 1 aromatic carbocycles. The van der Waals surface area contributed by atoms with Gasteiger partial charge in [0, 0.05) is 28.0 Å². The number of ether oxygens (including phenoxy) is 1. The van der Waals surface area contributed by atoms with Crippen LogP contribution in [0.15, 0.2) is 41.0 Å².